The van der Waals surface area contributed by atoms with E-state index in [0.29, 0.717) is 5.75 Å². The SMILES string of the molecule is FC(F)(F)Oc1ccc(OC2CCN(CCn3ccnn3)CC2)cc1. The Morgan fingerprint density at radius 1 is 1.04 bits per heavy atom. The third kappa shape index (κ3) is 5.63. The standard InChI is InChI=1S/C16H19F3N4O2/c17-16(18,19)25-15-3-1-13(2-4-15)24-14-5-8-22(9-6-14)11-12-23-10-7-20-21-23/h1-4,7,10,14H,5-6,8-9,11-12H2. The summed E-state index contributed by atoms with van der Waals surface area (Å²) in [6.07, 6.45) is 0.627. The summed E-state index contributed by atoms with van der Waals surface area (Å²) in [4.78, 5) is 2.34. The lowest BCUT2D eigenvalue weighted by Crippen LogP contribution is -2.39. The van der Waals surface area contributed by atoms with Crippen molar-refractivity contribution in [2.24, 2.45) is 0 Å². The number of hydrogen-bond donors (Lipinski definition) is 0. The number of hydrogen-bond acceptors (Lipinski definition) is 5. The second-order valence-corrected chi connectivity index (χ2v) is 5.84. The molecular weight excluding hydrogens is 337 g/mol. The summed E-state index contributed by atoms with van der Waals surface area (Å²) in [5.74, 6) is 0.304. The summed E-state index contributed by atoms with van der Waals surface area (Å²) >= 11 is 0. The van der Waals surface area contributed by atoms with Gasteiger partial charge in [-0.25, -0.2) is 0 Å². The zero-order valence-electron chi connectivity index (χ0n) is 13.5. The number of aromatic nitrogens is 3. The maximum absolute atomic E-state index is 12.1. The Kier molecular flexibility index (Phi) is 5.42. The van der Waals surface area contributed by atoms with Crippen LogP contribution in [-0.4, -0.2) is 52.0 Å². The maximum atomic E-state index is 12.1. The molecule has 9 heteroatoms. The van der Waals surface area contributed by atoms with Crippen LogP contribution < -0.4 is 9.47 Å². The fourth-order valence-electron chi connectivity index (χ4n) is 2.76. The Labute approximate surface area is 143 Å². The lowest BCUT2D eigenvalue weighted by Gasteiger charge is -2.32. The van der Waals surface area contributed by atoms with Crippen molar-refractivity contribution in [3.05, 3.63) is 36.7 Å². The van der Waals surface area contributed by atoms with Crippen molar-refractivity contribution in [3.63, 3.8) is 0 Å². The van der Waals surface area contributed by atoms with Crippen LogP contribution >= 0.6 is 0 Å². The molecule has 25 heavy (non-hydrogen) atoms. The highest BCUT2D eigenvalue weighted by atomic mass is 19.4. The molecule has 2 aromatic rings. The van der Waals surface area contributed by atoms with E-state index in [9.17, 15) is 13.2 Å². The molecule has 0 bridgehead atoms. The number of rotatable bonds is 6. The van der Waals surface area contributed by atoms with Gasteiger partial charge in [0.1, 0.15) is 17.6 Å². The van der Waals surface area contributed by atoms with Crippen molar-refractivity contribution in [3.8, 4) is 11.5 Å². The summed E-state index contributed by atoms with van der Waals surface area (Å²) in [5.41, 5.74) is 0. The lowest BCUT2D eigenvalue weighted by molar-refractivity contribution is -0.274. The van der Waals surface area contributed by atoms with Crippen LogP contribution in [0.25, 0.3) is 0 Å². The highest BCUT2D eigenvalue weighted by molar-refractivity contribution is 5.31. The molecule has 0 unspecified atom stereocenters. The Balaban J connectivity index is 1.41. The topological polar surface area (TPSA) is 52.4 Å². The number of nitrogens with zero attached hydrogens (tertiary/aromatic N) is 4. The molecule has 0 spiro atoms. The third-order valence-electron chi connectivity index (χ3n) is 4.01. The zero-order valence-corrected chi connectivity index (χ0v) is 13.5. The maximum Gasteiger partial charge on any atom is 0.573 e. The van der Waals surface area contributed by atoms with Crippen LogP contribution in [0.5, 0.6) is 11.5 Å². The molecule has 1 aliphatic rings. The van der Waals surface area contributed by atoms with Crippen LogP contribution in [0.4, 0.5) is 13.2 Å². The molecule has 0 amide bonds. The molecule has 6 nitrogen and oxygen atoms in total. The molecule has 1 saturated heterocycles. The van der Waals surface area contributed by atoms with Gasteiger partial charge in [0.05, 0.1) is 12.7 Å². The fourth-order valence-corrected chi connectivity index (χ4v) is 2.76. The van der Waals surface area contributed by atoms with Crippen LogP contribution in [0.1, 0.15) is 12.8 Å². The van der Waals surface area contributed by atoms with E-state index in [4.69, 9.17) is 4.74 Å². The predicted molar refractivity (Wildman–Crippen MR) is 83.2 cm³/mol. The van der Waals surface area contributed by atoms with Crippen LogP contribution in [0, 0.1) is 0 Å². The molecule has 3 rings (SSSR count). The fraction of sp³-hybridized carbons (Fsp3) is 0.500. The Morgan fingerprint density at radius 2 is 1.72 bits per heavy atom. The van der Waals surface area contributed by atoms with Crippen LogP contribution in [-0.2, 0) is 6.54 Å². The van der Waals surface area contributed by atoms with Gasteiger partial charge in [-0.05, 0) is 37.1 Å². The normalized spacial score (nSPS) is 16.8. The summed E-state index contributed by atoms with van der Waals surface area (Å²) in [5, 5.41) is 7.71. The van der Waals surface area contributed by atoms with Crippen molar-refractivity contribution < 1.29 is 22.6 Å². The van der Waals surface area contributed by atoms with Gasteiger partial charge in [-0.2, -0.15) is 0 Å². The number of alkyl halides is 3. The summed E-state index contributed by atoms with van der Waals surface area (Å²) in [7, 11) is 0. The second-order valence-electron chi connectivity index (χ2n) is 5.84. The van der Waals surface area contributed by atoms with E-state index in [1.165, 1.54) is 24.3 Å². The molecule has 0 radical (unpaired) electrons. The lowest BCUT2D eigenvalue weighted by atomic mass is 10.1. The first-order valence-electron chi connectivity index (χ1n) is 8.07. The molecule has 0 saturated carbocycles. The first-order valence-corrected chi connectivity index (χ1v) is 8.07. The number of benzene rings is 1. The first-order chi connectivity index (χ1) is 12.0. The predicted octanol–water partition coefficient (Wildman–Crippen LogP) is 2.72. The monoisotopic (exact) mass is 356 g/mol. The van der Waals surface area contributed by atoms with E-state index >= 15 is 0 Å². The Morgan fingerprint density at radius 3 is 2.32 bits per heavy atom. The molecule has 136 valence electrons. The van der Waals surface area contributed by atoms with Crippen molar-refractivity contribution in [1.29, 1.82) is 0 Å². The van der Waals surface area contributed by atoms with E-state index in [1.54, 1.807) is 10.9 Å². The minimum atomic E-state index is -4.68. The second kappa shape index (κ2) is 7.73. The molecule has 1 aromatic carbocycles. The molecule has 1 fully saturated rings. The number of piperidine rings is 1. The van der Waals surface area contributed by atoms with Gasteiger partial charge in [-0.3, -0.25) is 4.68 Å². The van der Waals surface area contributed by atoms with E-state index in [-0.39, 0.29) is 11.9 Å². The van der Waals surface area contributed by atoms with Crippen molar-refractivity contribution in [2.45, 2.75) is 31.9 Å². The summed E-state index contributed by atoms with van der Waals surface area (Å²) in [6.45, 7) is 3.52. The number of halogens is 3. The van der Waals surface area contributed by atoms with Crippen molar-refractivity contribution >= 4 is 0 Å². The minimum Gasteiger partial charge on any atom is -0.490 e. The Bertz CT molecular complexity index is 638. The summed E-state index contributed by atoms with van der Waals surface area (Å²) in [6, 6.07) is 5.52. The van der Waals surface area contributed by atoms with E-state index in [1.807, 2.05) is 6.20 Å². The van der Waals surface area contributed by atoms with Gasteiger partial charge in [0.25, 0.3) is 0 Å². The third-order valence-corrected chi connectivity index (χ3v) is 4.01. The molecule has 0 N–H and O–H groups in total. The van der Waals surface area contributed by atoms with E-state index < -0.39 is 6.36 Å². The van der Waals surface area contributed by atoms with Crippen LogP contribution in [0.3, 0.4) is 0 Å². The molecule has 1 aliphatic heterocycles. The highest BCUT2D eigenvalue weighted by Gasteiger charge is 2.31. The van der Waals surface area contributed by atoms with Gasteiger partial charge in [0.2, 0.25) is 0 Å². The van der Waals surface area contributed by atoms with Crippen molar-refractivity contribution in [2.75, 3.05) is 19.6 Å². The quantitative estimate of drug-likeness (QED) is 0.797. The molecule has 2 heterocycles. The van der Waals surface area contributed by atoms with Crippen LogP contribution in [0.15, 0.2) is 36.7 Å². The molecule has 1 aromatic heterocycles. The average Bonchev–Trinajstić information content (AvgIpc) is 3.08. The van der Waals surface area contributed by atoms with Gasteiger partial charge >= 0.3 is 6.36 Å². The first kappa shape index (κ1) is 17.5. The minimum absolute atomic E-state index is 0.0667. The zero-order chi connectivity index (χ0) is 17.7. The van der Waals surface area contributed by atoms with Gasteiger partial charge in [0.15, 0.2) is 0 Å². The number of ether oxygens (including phenoxy) is 2. The van der Waals surface area contributed by atoms with Crippen LogP contribution in [0.2, 0.25) is 0 Å². The molecular formula is C16H19F3N4O2. The summed E-state index contributed by atoms with van der Waals surface area (Å²) < 4.78 is 47.9. The van der Waals surface area contributed by atoms with Crippen molar-refractivity contribution in [1.82, 2.24) is 19.9 Å². The largest absolute Gasteiger partial charge is 0.573 e. The average molecular weight is 356 g/mol. The van der Waals surface area contributed by atoms with Gasteiger partial charge in [-0.1, -0.05) is 5.21 Å². The Hall–Kier alpha value is -2.29. The number of likely N-dealkylation sites (tertiary alicyclic amines) is 1. The molecule has 0 atom stereocenters. The van der Waals surface area contributed by atoms with E-state index in [0.717, 1.165) is 39.0 Å². The highest BCUT2D eigenvalue weighted by Crippen LogP contribution is 2.26. The molecule has 0 aliphatic carbocycles. The smallest absolute Gasteiger partial charge is 0.490 e. The van der Waals surface area contributed by atoms with Gasteiger partial charge in [0, 0.05) is 25.8 Å². The van der Waals surface area contributed by atoms with Gasteiger partial charge in [-0.15, -0.1) is 18.3 Å². The van der Waals surface area contributed by atoms with E-state index in [2.05, 4.69) is 19.9 Å². The van der Waals surface area contributed by atoms with Gasteiger partial charge < -0.3 is 14.4 Å².